The van der Waals surface area contributed by atoms with E-state index < -0.39 is 6.11 Å². The Morgan fingerprint density at radius 1 is 0.958 bits per heavy atom. The maximum absolute atomic E-state index is 13.6. The van der Waals surface area contributed by atoms with E-state index in [4.69, 9.17) is 4.74 Å². The molecule has 0 N–H and O–H groups in total. The van der Waals surface area contributed by atoms with Crippen LogP contribution in [0.3, 0.4) is 0 Å². The van der Waals surface area contributed by atoms with Crippen LogP contribution in [-0.4, -0.2) is 12.2 Å². The van der Waals surface area contributed by atoms with Gasteiger partial charge in [0.2, 0.25) is 0 Å². The summed E-state index contributed by atoms with van der Waals surface area (Å²) in [4.78, 5) is 0. The zero-order valence-corrected chi connectivity index (χ0v) is 15.4. The minimum Gasteiger partial charge on any atom is -0.313 e. The Balaban J connectivity index is 1.37. The summed E-state index contributed by atoms with van der Waals surface area (Å²) in [6.45, 7) is 3.85. The lowest BCUT2D eigenvalue weighted by Gasteiger charge is -2.37. The van der Waals surface area contributed by atoms with Gasteiger partial charge in [0.25, 0.3) is 0 Å². The molecule has 1 nitrogen and oxygen atoms in total. The van der Waals surface area contributed by atoms with Crippen LogP contribution in [0.2, 0.25) is 0 Å². The number of rotatable bonds is 4. The second kappa shape index (κ2) is 7.85. The highest BCUT2D eigenvalue weighted by atomic mass is 19.3. The summed E-state index contributed by atoms with van der Waals surface area (Å²) in [6.07, 6.45) is 11.9. The van der Waals surface area contributed by atoms with E-state index in [0.29, 0.717) is 6.42 Å². The van der Waals surface area contributed by atoms with E-state index in [0.717, 1.165) is 36.5 Å². The van der Waals surface area contributed by atoms with Crippen molar-refractivity contribution < 1.29 is 13.5 Å². The molecular weight excluding hydrogens is 306 g/mol. The highest BCUT2D eigenvalue weighted by Gasteiger charge is 2.39. The number of alkyl halides is 2. The Hall–Kier alpha value is -0.440. The van der Waals surface area contributed by atoms with Crippen LogP contribution in [-0.2, 0) is 4.74 Å². The molecule has 0 aromatic heterocycles. The van der Waals surface area contributed by atoms with E-state index in [1.807, 2.05) is 0 Å². The van der Waals surface area contributed by atoms with Crippen LogP contribution in [0.1, 0.15) is 84.5 Å². The fraction of sp³-hybridized carbons (Fsp3) is 0.905. The van der Waals surface area contributed by atoms with Gasteiger partial charge in [0, 0.05) is 5.57 Å². The van der Waals surface area contributed by atoms with Crippen LogP contribution in [0, 0.1) is 23.7 Å². The van der Waals surface area contributed by atoms with Crippen LogP contribution >= 0.6 is 0 Å². The summed E-state index contributed by atoms with van der Waals surface area (Å²) < 4.78 is 32.2. The first kappa shape index (κ1) is 18.4. The zero-order valence-electron chi connectivity index (χ0n) is 15.4. The lowest BCUT2D eigenvalue weighted by Crippen LogP contribution is -2.33. The van der Waals surface area contributed by atoms with Crippen LogP contribution in [0.5, 0.6) is 0 Å². The second-order valence-corrected chi connectivity index (χ2v) is 8.76. The van der Waals surface area contributed by atoms with Crippen LogP contribution in [0.15, 0.2) is 11.6 Å². The molecule has 3 rings (SSSR count). The molecule has 3 heteroatoms. The molecule has 0 saturated heterocycles. The van der Waals surface area contributed by atoms with Crippen molar-refractivity contribution in [2.75, 3.05) is 0 Å². The van der Waals surface area contributed by atoms with Gasteiger partial charge < -0.3 is 4.74 Å². The molecule has 1 atom stereocenters. The SMILES string of the molecule is CC1=CCC(CCC2CCC(C3CCC(C)CC3)CC2)OC1(F)F. The molecule has 24 heavy (non-hydrogen) atoms. The van der Waals surface area contributed by atoms with Crippen LogP contribution < -0.4 is 0 Å². The molecule has 0 amide bonds. The molecule has 0 aromatic carbocycles. The van der Waals surface area contributed by atoms with E-state index >= 15 is 0 Å². The van der Waals surface area contributed by atoms with Crippen molar-refractivity contribution >= 4 is 0 Å². The van der Waals surface area contributed by atoms with Crippen molar-refractivity contribution in [1.82, 2.24) is 0 Å². The Labute approximate surface area is 146 Å². The first-order chi connectivity index (χ1) is 11.4. The fourth-order valence-corrected chi connectivity index (χ4v) is 5.08. The van der Waals surface area contributed by atoms with Gasteiger partial charge in [0.05, 0.1) is 6.10 Å². The van der Waals surface area contributed by atoms with E-state index in [2.05, 4.69) is 6.92 Å². The lowest BCUT2D eigenvalue weighted by atomic mass is 9.69. The van der Waals surface area contributed by atoms with E-state index in [1.54, 1.807) is 6.08 Å². The third-order valence-electron chi connectivity index (χ3n) is 6.98. The average Bonchev–Trinajstić information content (AvgIpc) is 2.57. The molecule has 3 aliphatic rings. The van der Waals surface area contributed by atoms with Crippen molar-refractivity contribution in [2.45, 2.75) is 96.7 Å². The lowest BCUT2D eigenvalue weighted by molar-refractivity contribution is -0.243. The van der Waals surface area contributed by atoms with Crippen molar-refractivity contribution in [1.29, 1.82) is 0 Å². The first-order valence-corrected chi connectivity index (χ1v) is 10.2. The van der Waals surface area contributed by atoms with Gasteiger partial charge in [-0.3, -0.25) is 0 Å². The third-order valence-corrected chi connectivity index (χ3v) is 6.98. The summed E-state index contributed by atoms with van der Waals surface area (Å²) in [5.41, 5.74) is 0.0704. The van der Waals surface area contributed by atoms with Crippen molar-refractivity contribution in [2.24, 2.45) is 23.7 Å². The number of hydrogen-bond donors (Lipinski definition) is 0. The van der Waals surface area contributed by atoms with Gasteiger partial charge in [-0.1, -0.05) is 38.7 Å². The van der Waals surface area contributed by atoms with Crippen molar-refractivity contribution in [3.8, 4) is 0 Å². The summed E-state index contributed by atoms with van der Waals surface area (Å²) >= 11 is 0. The van der Waals surface area contributed by atoms with E-state index in [9.17, 15) is 8.78 Å². The highest BCUT2D eigenvalue weighted by Crippen LogP contribution is 2.42. The normalized spacial score (nSPS) is 40.2. The molecule has 1 unspecified atom stereocenters. The smallest absolute Gasteiger partial charge is 0.313 e. The fourth-order valence-electron chi connectivity index (χ4n) is 5.08. The molecular formula is C21H34F2O. The molecule has 0 aromatic rings. The minimum atomic E-state index is -3.04. The van der Waals surface area contributed by atoms with Gasteiger partial charge in [0.15, 0.2) is 0 Å². The van der Waals surface area contributed by atoms with E-state index in [1.165, 1.54) is 58.3 Å². The standard InChI is InChI=1S/C21H34F2O/c1-15-3-9-18(10-4-15)19-11-6-17(7-12-19)8-14-20-13-5-16(2)21(22,23)24-20/h5,15,17-20H,3-4,6-14H2,1-2H3. The maximum atomic E-state index is 13.6. The molecule has 1 aliphatic heterocycles. The third kappa shape index (κ3) is 4.59. The van der Waals surface area contributed by atoms with Gasteiger partial charge in [-0.05, 0) is 75.5 Å². The van der Waals surface area contributed by atoms with Gasteiger partial charge in [-0.25, -0.2) is 0 Å². The van der Waals surface area contributed by atoms with Gasteiger partial charge in [0.1, 0.15) is 0 Å². The predicted octanol–water partition coefficient (Wildman–Crippen LogP) is 6.73. The summed E-state index contributed by atoms with van der Waals surface area (Å²) in [5, 5.41) is 0. The topological polar surface area (TPSA) is 9.23 Å². The predicted molar refractivity (Wildman–Crippen MR) is 94.0 cm³/mol. The molecule has 0 radical (unpaired) electrons. The van der Waals surface area contributed by atoms with Gasteiger partial charge in [-0.15, -0.1) is 0 Å². The Morgan fingerprint density at radius 3 is 2.12 bits per heavy atom. The van der Waals surface area contributed by atoms with Crippen molar-refractivity contribution in [3.63, 3.8) is 0 Å². The molecule has 138 valence electrons. The number of ether oxygens (including phenoxy) is 1. The zero-order chi connectivity index (χ0) is 17.2. The summed E-state index contributed by atoms with van der Waals surface area (Å²) in [7, 11) is 0. The Bertz CT molecular complexity index is 429. The summed E-state index contributed by atoms with van der Waals surface area (Å²) in [5.74, 6) is 3.57. The van der Waals surface area contributed by atoms with Gasteiger partial charge in [-0.2, -0.15) is 8.78 Å². The molecule has 2 aliphatic carbocycles. The van der Waals surface area contributed by atoms with Crippen LogP contribution in [0.4, 0.5) is 8.78 Å². The quantitative estimate of drug-likeness (QED) is 0.516. The van der Waals surface area contributed by atoms with Gasteiger partial charge >= 0.3 is 6.11 Å². The van der Waals surface area contributed by atoms with Crippen molar-refractivity contribution in [3.05, 3.63) is 11.6 Å². The molecule has 0 spiro atoms. The molecule has 0 bridgehead atoms. The van der Waals surface area contributed by atoms with Crippen LogP contribution in [0.25, 0.3) is 0 Å². The molecule has 2 saturated carbocycles. The Kier molecular flexibility index (Phi) is 6.00. The average molecular weight is 340 g/mol. The largest absolute Gasteiger partial charge is 0.379 e. The Morgan fingerprint density at radius 2 is 1.54 bits per heavy atom. The maximum Gasteiger partial charge on any atom is 0.379 e. The first-order valence-electron chi connectivity index (χ1n) is 10.2. The van der Waals surface area contributed by atoms with E-state index in [-0.39, 0.29) is 11.7 Å². The monoisotopic (exact) mass is 340 g/mol. The molecule has 1 heterocycles. The minimum absolute atomic E-state index is 0.0704. The highest BCUT2D eigenvalue weighted by molar-refractivity contribution is 5.09. The second-order valence-electron chi connectivity index (χ2n) is 8.76. The molecule has 2 fully saturated rings. The number of hydrogen-bond acceptors (Lipinski definition) is 1. The summed E-state index contributed by atoms with van der Waals surface area (Å²) in [6, 6.07) is 0. The number of halogens is 2.